The van der Waals surface area contributed by atoms with Crippen LogP contribution in [-0.4, -0.2) is 5.75 Å². The Kier molecular flexibility index (Phi) is 3.19. The molecule has 14 heavy (non-hydrogen) atoms. The van der Waals surface area contributed by atoms with E-state index in [0.717, 1.165) is 27.3 Å². The molecule has 1 nitrogen and oxygen atoms in total. The van der Waals surface area contributed by atoms with Crippen LogP contribution in [0.25, 0.3) is 11.0 Å². The van der Waals surface area contributed by atoms with Crippen molar-refractivity contribution >= 4 is 38.7 Å². The number of thioether (sulfide) groups is 1. The molecule has 0 spiro atoms. The summed E-state index contributed by atoms with van der Waals surface area (Å²) >= 11 is 5.32. The number of furan rings is 1. The van der Waals surface area contributed by atoms with Gasteiger partial charge in [-0.25, -0.2) is 0 Å². The molecule has 0 aliphatic rings. The summed E-state index contributed by atoms with van der Waals surface area (Å²) in [5, 5.41) is 1.17. The first-order valence-electron chi connectivity index (χ1n) is 4.55. The molecule has 0 aliphatic heterocycles. The highest BCUT2D eigenvalue weighted by atomic mass is 79.9. The molecule has 0 aliphatic carbocycles. The zero-order valence-electron chi connectivity index (χ0n) is 7.92. The van der Waals surface area contributed by atoms with Crippen molar-refractivity contribution in [2.45, 2.75) is 12.7 Å². The van der Waals surface area contributed by atoms with Crippen molar-refractivity contribution in [1.82, 2.24) is 0 Å². The third-order valence-corrected chi connectivity index (χ3v) is 3.37. The highest BCUT2D eigenvalue weighted by molar-refractivity contribution is 9.10. The van der Waals surface area contributed by atoms with E-state index in [1.165, 1.54) is 5.39 Å². The Bertz CT molecular complexity index is 436. The standard InChI is InChI=1S/C11H11BrOS/c1-2-14-7-10-6-8-5-9(12)3-4-11(8)13-10/h3-6H,2,7H2,1H3. The van der Waals surface area contributed by atoms with E-state index in [4.69, 9.17) is 4.42 Å². The first-order chi connectivity index (χ1) is 6.79. The second kappa shape index (κ2) is 4.41. The maximum absolute atomic E-state index is 5.68. The van der Waals surface area contributed by atoms with Gasteiger partial charge in [-0.15, -0.1) is 0 Å². The lowest BCUT2D eigenvalue weighted by Gasteiger charge is -1.91. The van der Waals surface area contributed by atoms with Crippen LogP contribution in [-0.2, 0) is 5.75 Å². The van der Waals surface area contributed by atoms with Gasteiger partial charge in [0.25, 0.3) is 0 Å². The lowest BCUT2D eigenvalue weighted by molar-refractivity contribution is 0.574. The average Bonchev–Trinajstić information content (AvgIpc) is 2.56. The highest BCUT2D eigenvalue weighted by Crippen LogP contribution is 2.25. The van der Waals surface area contributed by atoms with Gasteiger partial charge in [-0.1, -0.05) is 22.9 Å². The van der Waals surface area contributed by atoms with Crippen molar-refractivity contribution in [2.24, 2.45) is 0 Å². The monoisotopic (exact) mass is 270 g/mol. The van der Waals surface area contributed by atoms with Crippen LogP contribution in [0, 0.1) is 0 Å². The van der Waals surface area contributed by atoms with Crippen molar-refractivity contribution in [2.75, 3.05) is 5.75 Å². The second-order valence-corrected chi connectivity index (χ2v) is 5.22. The molecule has 0 N–H and O–H groups in total. The molecule has 0 radical (unpaired) electrons. The molecule has 0 saturated carbocycles. The third-order valence-electron chi connectivity index (χ3n) is 1.98. The van der Waals surface area contributed by atoms with Crippen LogP contribution in [0.2, 0.25) is 0 Å². The van der Waals surface area contributed by atoms with Gasteiger partial charge >= 0.3 is 0 Å². The fourth-order valence-corrected chi connectivity index (χ4v) is 2.27. The van der Waals surface area contributed by atoms with Crippen molar-refractivity contribution in [3.63, 3.8) is 0 Å². The Labute approximate surface area is 96.0 Å². The van der Waals surface area contributed by atoms with Gasteiger partial charge in [0.05, 0.1) is 5.75 Å². The molecule has 74 valence electrons. The van der Waals surface area contributed by atoms with Crippen molar-refractivity contribution < 1.29 is 4.42 Å². The predicted octanol–water partition coefficient (Wildman–Crippen LogP) is 4.45. The Morgan fingerprint density at radius 3 is 3.00 bits per heavy atom. The molecular weight excluding hydrogens is 260 g/mol. The van der Waals surface area contributed by atoms with Crippen LogP contribution in [0.3, 0.4) is 0 Å². The number of rotatable bonds is 3. The van der Waals surface area contributed by atoms with Gasteiger partial charge in [-0.2, -0.15) is 11.8 Å². The number of hydrogen-bond donors (Lipinski definition) is 0. The van der Waals surface area contributed by atoms with E-state index in [1.807, 2.05) is 23.9 Å². The molecular formula is C11H11BrOS. The molecule has 0 saturated heterocycles. The van der Waals surface area contributed by atoms with Crippen molar-refractivity contribution in [3.05, 3.63) is 34.5 Å². The van der Waals surface area contributed by atoms with Crippen LogP contribution in [0.15, 0.2) is 33.2 Å². The fourth-order valence-electron chi connectivity index (χ4n) is 1.34. The fraction of sp³-hybridized carbons (Fsp3) is 0.273. The van der Waals surface area contributed by atoms with Crippen molar-refractivity contribution in [3.8, 4) is 0 Å². The zero-order valence-corrected chi connectivity index (χ0v) is 10.3. The smallest absolute Gasteiger partial charge is 0.134 e. The first kappa shape index (κ1) is 10.1. The number of halogens is 1. The summed E-state index contributed by atoms with van der Waals surface area (Å²) in [6.07, 6.45) is 0. The largest absolute Gasteiger partial charge is 0.460 e. The van der Waals surface area contributed by atoms with E-state index in [-0.39, 0.29) is 0 Å². The SMILES string of the molecule is CCSCc1cc2cc(Br)ccc2o1. The summed E-state index contributed by atoms with van der Waals surface area (Å²) in [4.78, 5) is 0. The van der Waals surface area contributed by atoms with E-state index in [1.54, 1.807) is 0 Å². The van der Waals surface area contributed by atoms with Gasteiger partial charge < -0.3 is 4.42 Å². The second-order valence-electron chi connectivity index (χ2n) is 3.03. The van der Waals surface area contributed by atoms with Gasteiger partial charge in [0, 0.05) is 9.86 Å². The number of fused-ring (bicyclic) bond motifs is 1. The average molecular weight is 271 g/mol. The maximum atomic E-state index is 5.68. The quantitative estimate of drug-likeness (QED) is 0.818. The van der Waals surface area contributed by atoms with Crippen LogP contribution in [0.4, 0.5) is 0 Å². The molecule has 3 heteroatoms. The van der Waals surface area contributed by atoms with Crippen LogP contribution >= 0.6 is 27.7 Å². The summed E-state index contributed by atoms with van der Waals surface area (Å²) in [5.74, 6) is 3.15. The Morgan fingerprint density at radius 1 is 1.36 bits per heavy atom. The lowest BCUT2D eigenvalue weighted by Crippen LogP contribution is -1.73. The summed E-state index contributed by atoms with van der Waals surface area (Å²) < 4.78 is 6.78. The van der Waals surface area contributed by atoms with Gasteiger partial charge in [-0.3, -0.25) is 0 Å². The molecule has 0 atom stereocenters. The summed E-state index contributed by atoms with van der Waals surface area (Å²) in [5.41, 5.74) is 0.972. The molecule has 0 fully saturated rings. The maximum Gasteiger partial charge on any atom is 0.134 e. The van der Waals surface area contributed by atoms with Crippen molar-refractivity contribution in [1.29, 1.82) is 0 Å². The van der Waals surface area contributed by atoms with Gasteiger partial charge in [0.1, 0.15) is 11.3 Å². The van der Waals surface area contributed by atoms with E-state index in [9.17, 15) is 0 Å². The zero-order chi connectivity index (χ0) is 9.97. The first-order valence-corrected chi connectivity index (χ1v) is 6.50. The number of hydrogen-bond acceptors (Lipinski definition) is 2. The topological polar surface area (TPSA) is 13.1 Å². The molecule has 0 bridgehead atoms. The minimum absolute atomic E-state index is 0.961. The van der Waals surface area contributed by atoms with E-state index < -0.39 is 0 Å². The van der Waals surface area contributed by atoms with Crippen LogP contribution in [0.1, 0.15) is 12.7 Å². The van der Waals surface area contributed by atoms with E-state index in [2.05, 4.69) is 35.0 Å². The third kappa shape index (κ3) is 2.15. The summed E-state index contributed by atoms with van der Waals surface area (Å²) in [6.45, 7) is 2.16. The molecule has 1 heterocycles. The van der Waals surface area contributed by atoms with E-state index >= 15 is 0 Å². The highest BCUT2D eigenvalue weighted by Gasteiger charge is 2.03. The normalized spacial score (nSPS) is 11.0. The summed E-state index contributed by atoms with van der Waals surface area (Å²) in [7, 11) is 0. The minimum Gasteiger partial charge on any atom is -0.460 e. The molecule has 2 aromatic rings. The Hall–Kier alpha value is -0.410. The molecule has 0 unspecified atom stereocenters. The predicted molar refractivity (Wildman–Crippen MR) is 65.8 cm³/mol. The Morgan fingerprint density at radius 2 is 2.21 bits per heavy atom. The molecule has 1 aromatic carbocycles. The van der Waals surface area contributed by atoms with E-state index in [0.29, 0.717) is 0 Å². The van der Waals surface area contributed by atoms with Gasteiger partial charge in [0.2, 0.25) is 0 Å². The van der Waals surface area contributed by atoms with Crippen LogP contribution in [0.5, 0.6) is 0 Å². The van der Waals surface area contributed by atoms with Gasteiger partial charge in [0.15, 0.2) is 0 Å². The van der Waals surface area contributed by atoms with Gasteiger partial charge in [-0.05, 0) is 30.0 Å². The Balaban J connectivity index is 2.32. The summed E-state index contributed by atoms with van der Waals surface area (Å²) in [6, 6.07) is 8.20. The molecule has 2 rings (SSSR count). The molecule has 1 aromatic heterocycles. The lowest BCUT2D eigenvalue weighted by atomic mass is 10.2. The van der Waals surface area contributed by atoms with Crippen LogP contribution < -0.4 is 0 Å². The number of benzene rings is 1. The minimum atomic E-state index is 0.961. The molecule has 0 amide bonds.